The Labute approximate surface area is 123 Å². The van der Waals surface area contributed by atoms with Crippen LogP contribution in [0.1, 0.15) is 19.3 Å². The van der Waals surface area contributed by atoms with E-state index in [-0.39, 0.29) is 24.2 Å². The average Bonchev–Trinajstić information content (AvgIpc) is 2.92. The van der Waals surface area contributed by atoms with Gasteiger partial charge in [0, 0.05) is 32.2 Å². The van der Waals surface area contributed by atoms with E-state index in [0.717, 1.165) is 6.42 Å². The number of carboxylic acids is 1. The van der Waals surface area contributed by atoms with Crippen LogP contribution in [0.2, 0.25) is 0 Å². The minimum Gasteiger partial charge on any atom is -0.481 e. The summed E-state index contributed by atoms with van der Waals surface area (Å²) in [6, 6.07) is 5.71. The number of aliphatic carboxylic acids is 1. The number of carbonyl (C=O) groups excluding carboxylic acids is 1. The third-order valence-electron chi connectivity index (χ3n) is 3.81. The molecular formula is C15H19FN2O3. The van der Waals surface area contributed by atoms with E-state index in [0.29, 0.717) is 25.2 Å². The molecule has 1 aliphatic heterocycles. The molecule has 0 spiro atoms. The maximum atomic E-state index is 13.2. The van der Waals surface area contributed by atoms with Crippen molar-refractivity contribution in [1.82, 2.24) is 4.90 Å². The second kappa shape index (κ2) is 6.56. The van der Waals surface area contributed by atoms with Crippen LogP contribution in [0.15, 0.2) is 24.3 Å². The molecule has 2 rings (SSSR count). The van der Waals surface area contributed by atoms with E-state index in [2.05, 4.69) is 0 Å². The van der Waals surface area contributed by atoms with Gasteiger partial charge < -0.3 is 10.0 Å². The second-order valence-electron chi connectivity index (χ2n) is 5.35. The predicted molar refractivity (Wildman–Crippen MR) is 76.7 cm³/mol. The van der Waals surface area contributed by atoms with Crippen LogP contribution in [-0.4, -0.2) is 42.1 Å². The number of nitrogens with zero attached hydrogens (tertiary/aromatic N) is 2. The molecule has 0 saturated carbocycles. The molecular weight excluding hydrogens is 275 g/mol. The maximum Gasteiger partial charge on any atom is 0.324 e. The zero-order valence-corrected chi connectivity index (χ0v) is 12.0. The Morgan fingerprint density at radius 1 is 1.48 bits per heavy atom. The molecule has 2 amide bonds. The normalized spacial score (nSPS) is 17.8. The summed E-state index contributed by atoms with van der Waals surface area (Å²) in [6.45, 7) is 1.18. The summed E-state index contributed by atoms with van der Waals surface area (Å²) < 4.78 is 13.2. The molecule has 6 heteroatoms. The van der Waals surface area contributed by atoms with E-state index >= 15 is 0 Å². The number of halogens is 1. The van der Waals surface area contributed by atoms with Gasteiger partial charge in [0.15, 0.2) is 0 Å². The van der Waals surface area contributed by atoms with Crippen LogP contribution < -0.4 is 4.90 Å². The molecule has 1 aromatic carbocycles. The molecule has 5 nitrogen and oxygen atoms in total. The molecule has 1 N–H and O–H groups in total. The number of hydrogen-bond acceptors (Lipinski definition) is 2. The molecule has 1 saturated heterocycles. The van der Waals surface area contributed by atoms with Crippen LogP contribution in [-0.2, 0) is 4.79 Å². The Bertz CT molecular complexity index is 535. The van der Waals surface area contributed by atoms with Gasteiger partial charge >= 0.3 is 12.0 Å². The summed E-state index contributed by atoms with van der Waals surface area (Å²) in [5, 5.41) is 8.69. The fraction of sp³-hybridized carbons (Fsp3) is 0.467. The Kier molecular flexibility index (Phi) is 4.77. The first-order valence-electron chi connectivity index (χ1n) is 6.97. The smallest absolute Gasteiger partial charge is 0.324 e. The van der Waals surface area contributed by atoms with E-state index in [9.17, 15) is 14.0 Å². The third kappa shape index (κ3) is 3.93. The summed E-state index contributed by atoms with van der Waals surface area (Å²) in [4.78, 5) is 26.0. The van der Waals surface area contributed by atoms with Crippen molar-refractivity contribution in [1.29, 1.82) is 0 Å². The van der Waals surface area contributed by atoms with Crippen molar-refractivity contribution in [3.8, 4) is 0 Å². The SMILES string of the molecule is CN(C(=O)N1CCC(CCC(=O)O)C1)c1cccc(F)c1. The van der Waals surface area contributed by atoms with Crippen molar-refractivity contribution in [2.24, 2.45) is 5.92 Å². The van der Waals surface area contributed by atoms with Gasteiger partial charge in [-0.2, -0.15) is 0 Å². The van der Waals surface area contributed by atoms with Crippen LogP contribution in [0.25, 0.3) is 0 Å². The molecule has 0 aliphatic carbocycles. The van der Waals surface area contributed by atoms with E-state index in [1.807, 2.05) is 0 Å². The fourth-order valence-electron chi connectivity index (χ4n) is 2.58. The molecule has 1 aromatic rings. The highest BCUT2D eigenvalue weighted by molar-refractivity contribution is 5.91. The number of anilines is 1. The van der Waals surface area contributed by atoms with Gasteiger partial charge in [-0.25, -0.2) is 9.18 Å². The lowest BCUT2D eigenvalue weighted by Crippen LogP contribution is -2.40. The Hall–Kier alpha value is -2.11. The van der Waals surface area contributed by atoms with Crippen molar-refractivity contribution in [2.75, 3.05) is 25.0 Å². The third-order valence-corrected chi connectivity index (χ3v) is 3.81. The van der Waals surface area contributed by atoms with Crippen LogP contribution >= 0.6 is 0 Å². The number of hydrogen-bond donors (Lipinski definition) is 1. The van der Waals surface area contributed by atoms with E-state index < -0.39 is 5.97 Å². The topological polar surface area (TPSA) is 60.9 Å². The molecule has 0 radical (unpaired) electrons. The van der Waals surface area contributed by atoms with Crippen LogP contribution in [0.4, 0.5) is 14.9 Å². The second-order valence-corrected chi connectivity index (χ2v) is 5.35. The predicted octanol–water partition coefficient (Wildman–Crippen LogP) is 2.57. The first kappa shape index (κ1) is 15.3. The fourth-order valence-corrected chi connectivity index (χ4v) is 2.58. The van der Waals surface area contributed by atoms with Gasteiger partial charge in [-0.05, 0) is 37.0 Å². The average molecular weight is 294 g/mol. The number of benzene rings is 1. The largest absolute Gasteiger partial charge is 0.481 e. The summed E-state index contributed by atoms with van der Waals surface area (Å²) in [5.74, 6) is -0.962. The highest BCUT2D eigenvalue weighted by Crippen LogP contribution is 2.23. The van der Waals surface area contributed by atoms with Gasteiger partial charge in [0.05, 0.1) is 0 Å². The van der Waals surface area contributed by atoms with Crippen molar-refractivity contribution in [3.05, 3.63) is 30.1 Å². The van der Waals surface area contributed by atoms with Gasteiger partial charge in [0.25, 0.3) is 0 Å². The van der Waals surface area contributed by atoms with Crippen LogP contribution in [0, 0.1) is 11.7 Å². The van der Waals surface area contributed by atoms with Gasteiger partial charge in [-0.3, -0.25) is 9.69 Å². The Balaban J connectivity index is 1.93. The highest BCUT2D eigenvalue weighted by Gasteiger charge is 2.28. The zero-order chi connectivity index (χ0) is 15.4. The van der Waals surface area contributed by atoms with Crippen molar-refractivity contribution < 1.29 is 19.1 Å². The summed E-state index contributed by atoms with van der Waals surface area (Å²) in [6.07, 6.45) is 1.53. The molecule has 114 valence electrons. The summed E-state index contributed by atoms with van der Waals surface area (Å²) in [7, 11) is 1.61. The number of urea groups is 1. The molecule has 1 heterocycles. The van der Waals surface area contributed by atoms with E-state index in [1.165, 1.54) is 17.0 Å². The molecule has 0 aromatic heterocycles. The molecule has 21 heavy (non-hydrogen) atoms. The number of carboxylic acid groups (broad SMARTS) is 1. The quantitative estimate of drug-likeness (QED) is 0.928. The lowest BCUT2D eigenvalue weighted by Gasteiger charge is -2.24. The standard InChI is InChI=1S/C15H19FN2O3/c1-17(13-4-2-3-12(16)9-13)15(21)18-8-7-11(10-18)5-6-14(19)20/h2-4,9,11H,5-8,10H2,1H3,(H,19,20). The summed E-state index contributed by atoms with van der Waals surface area (Å²) >= 11 is 0. The van der Waals surface area contributed by atoms with Crippen molar-refractivity contribution >= 4 is 17.7 Å². The maximum absolute atomic E-state index is 13.2. The van der Waals surface area contributed by atoms with Gasteiger partial charge in [0.1, 0.15) is 5.82 Å². The van der Waals surface area contributed by atoms with Crippen LogP contribution in [0.5, 0.6) is 0 Å². The molecule has 1 unspecified atom stereocenters. The molecule has 1 aliphatic rings. The summed E-state index contributed by atoms with van der Waals surface area (Å²) in [5.41, 5.74) is 0.508. The number of rotatable bonds is 4. The first-order valence-corrected chi connectivity index (χ1v) is 6.97. The molecule has 0 bridgehead atoms. The number of amides is 2. The van der Waals surface area contributed by atoms with Crippen molar-refractivity contribution in [2.45, 2.75) is 19.3 Å². The lowest BCUT2D eigenvalue weighted by atomic mass is 10.0. The number of carbonyl (C=O) groups is 2. The lowest BCUT2D eigenvalue weighted by molar-refractivity contribution is -0.137. The minimum absolute atomic E-state index is 0.131. The van der Waals surface area contributed by atoms with Gasteiger partial charge in [-0.15, -0.1) is 0 Å². The zero-order valence-electron chi connectivity index (χ0n) is 12.0. The van der Waals surface area contributed by atoms with E-state index in [4.69, 9.17) is 5.11 Å². The van der Waals surface area contributed by atoms with Gasteiger partial charge in [0.2, 0.25) is 0 Å². The van der Waals surface area contributed by atoms with Crippen molar-refractivity contribution in [3.63, 3.8) is 0 Å². The minimum atomic E-state index is -0.809. The van der Waals surface area contributed by atoms with Crippen LogP contribution in [0.3, 0.4) is 0 Å². The van der Waals surface area contributed by atoms with Gasteiger partial charge in [-0.1, -0.05) is 6.07 Å². The molecule has 1 fully saturated rings. The Morgan fingerprint density at radius 3 is 2.90 bits per heavy atom. The van der Waals surface area contributed by atoms with E-state index in [1.54, 1.807) is 24.1 Å². The first-order chi connectivity index (χ1) is 9.97. The number of likely N-dealkylation sites (tertiary alicyclic amines) is 1. The monoisotopic (exact) mass is 294 g/mol. The molecule has 1 atom stereocenters. The highest BCUT2D eigenvalue weighted by atomic mass is 19.1. The Morgan fingerprint density at radius 2 is 2.24 bits per heavy atom.